The van der Waals surface area contributed by atoms with Gasteiger partial charge >= 0.3 is 144 Å². The normalized spacial score (nSPS) is 13.7. The summed E-state index contributed by atoms with van der Waals surface area (Å²) >= 11 is -1.89. The number of hydrogen-bond acceptors (Lipinski definition) is 4. The fraction of sp³-hybridized carbons (Fsp3) is 0.357. The molecule has 0 bridgehead atoms. The van der Waals surface area contributed by atoms with Gasteiger partial charge in [0, 0.05) is 49.6 Å². The summed E-state index contributed by atoms with van der Waals surface area (Å²) in [6.07, 6.45) is 15.3. The number of rotatable bonds is 7. The molecule has 1 aliphatic rings. The van der Waals surface area contributed by atoms with Crippen molar-refractivity contribution < 1.29 is 24.5 Å². The molecular formula is C42H47GeIrN3O-2. The largest absolute Gasteiger partial charge is 0 e. The Balaban J connectivity index is 0.000000184. The van der Waals surface area contributed by atoms with Crippen LogP contribution in [0.15, 0.2) is 83.7 Å². The zero-order valence-corrected chi connectivity index (χ0v) is 33.7. The van der Waals surface area contributed by atoms with Crippen LogP contribution in [-0.2, 0) is 32.9 Å². The Morgan fingerprint density at radius 2 is 1.67 bits per heavy atom. The Morgan fingerprint density at radius 3 is 2.40 bits per heavy atom. The zero-order chi connectivity index (χ0) is 33.0. The van der Waals surface area contributed by atoms with E-state index in [1.54, 1.807) is 9.96 Å². The predicted octanol–water partition coefficient (Wildman–Crippen LogP) is 10.6. The van der Waals surface area contributed by atoms with E-state index in [9.17, 15) is 0 Å². The van der Waals surface area contributed by atoms with E-state index in [1.165, 1.54) is 44.1 Å². The van der Waals surface area contributed by atoms with Crippen LogP contribution in [0.2, 0.25) is 17.3 Å². The van der Waals surface area contributed by atoms with Gasteiger partial charge in [0.05, 0.1) is 5.58 Å². The summed E-state index contributed by atoms with van der Waals surface area (Å²) in [5.74, 6) is 8.93. The molecule has 2 aromatic carbocycles. The minimum atomic E-state index is -1.89. The van der Waals surface area contributed by atoms with Gasteiger partial charge in [-0.15, -0.1) is 18.2 Å². The topological polar surface area (TPSA) is 51.8 Å². The molecule has 48 heavy (non-hydrogen) atoms. The average molecular weight is 875 g/mol. The molecule has 1 saturated carbocycles. The molecule has 251 valence electrons. The molecule has 6 aromatic rings. The number of aryl methyl sites for hydroxylation is 1. The molecule has 0 aliphatic heterocycles. The van der Waals surface area contributed by atoms with Gasteiger partial charge in [0.25, 0.3) is 0 Å². The summed E-state index contributed by atoms with van der Waals surface area (Å²) in [6.45, 7) is 6.42. The standard InChI is InChI=1S/C21H28GeN.C21H19N2O.Ir/c1-22(2,3)20-16-23-21(18-12-8-5-9-13-18)15-19(20)14-17-10-6-4-7-11-17;1-13(2)9-15-7-8-22-19(11-15)17-6-4-5-16-18-12-23-14(3)10-20(18)24-21(16)17;/h5,8-9,12,15-17H,4,6-7,10-11,14H2,1-3H3;4-5,7-8,10-13H,9H2,1-3H3;/q2*-1;. The van der Waals surface area contributed by atoms with Gasteiger partial charge in [-0.1, -0.05) is 36.4 Å². The summed E-state index contributed by atoms with van der Waals surface area (Å²) in [4.78, 5) is 13.7. The van der Waals surface area contributed by atoms with E-state index in [4.69, 9.17) is 9.40 Å². The van der Waals surface area contributed by atoms with Crippen molar-refractivity contribution >= 4 is 39.6 Å². The first-order valence-corrected chi connectivity index (χ1v) is 24.6. The van der Waals surface area contributed by atoms with Gasteiger partial charge in [-0.25, -0.2) is 0 Å². The van der Waals surface area contributed by atoms with Gasteiger partial charge < -0.3 is 9.40 Å². The minimum Gasteiger partial charge on any atom is 0 e. The summed E-state index contributed by atoms with van der Waals surface area (Å²) < 4.78 is 7.72. The molecule has 4 nitrogen and oxygen atoms in total. The maximum Gasteiger partial charge on any atom is 0 e. The van der Waals surface area contributed by atoms with Crippen LogP contribution in [-0.4, -0.2) is 28.2 Å². The molecule has 4 heterocycles. The number of pyridine rings is 3. The first-order chi connectivity index (χ1) is 22.7. The molecule has 0 N–H and O–H groups in total. The van der Waals surface area contributed by atoms with Crippen molar-refractivity contribution in [1.29, 1.82) is 0 Å². The van der Waals surface area contributed by atoms with E-state index in [1.807, 2.05) is 49.6 Å². The Hall–Kier alpha value is -3.12. The maximum atomic E-state index is 6.13. The smallest absolute Gasteiger partial charge is 0 e. The number of benzene rings is 2. The summed E-state index contributed by atoms with van der Waals surface area (Å²) in [7, 11) is 0. The average Bonchev–Trinajstić information content (AvgIpc) is 3.43. The molecule has 0 amide bonds. The number of hydrogen-bond donors (Lipinski definition) is 0. The Kier molecular flexibility index (Phi) is 12.1. The Labute approximate surface area is 302 Å². The first kappa shape index (κ1) is 36.2. The zero-order valence-electron chi connectivity index (χ0n) is 29.2. The molecule has 4 aromatic heterocycles. The number of aromatic nitrogens is 3. The van der Waals surface area contributed by atoms with Gasteiger partial charge in [0.2, 0.25) is 0 Å². The van der Waals surface area contributed by atoms with Crippen molar-refractivity contribution in [2.45, 2.75) is 83.0 Å². The third-order valence-corrected chi connectivity index (χ3v) is 13.5. The molecule has 0 saturated heterocycles. The van der Waals surface area contributed by atoms with Crippen molar-refractivity contribution in [3.05, 3.63) is 108 Å². The van der Waals surface area contributed by atoms with Gasteiger partial charge in [-0.3, -0.25) is 4.98 Å². The molecular weight excluding hydrogens is 827 g/mol. The minimum absolute atomic E-state index is 0. The van der Waals surface area contributed by atoms with Crippen LogP contribution in [0, 0.1) is 30.9 Å². The van der Waals surface area contributed by atoms with Crippen molar-refractivity contribution in [3.8, 4) is 22.5 Å². The van der Waals surface area contributed by atoms with Crippen molar-refractivity contribution in [3.63, 3.8) is 0 Å². The van der Waals surface area contributed by atoms with Crippen molar-refractivity contribution in [2.75, 3.05) is 0 Å². The van der Waals surface area contributed by atoms with E-state index < -0.39 is 13.3 Å². The van der Waals surface area contributed by atoms with E-state index >= 15 is 0 Å². The van der Waals surface area contributed by atoms with E-state index in [0.29, 0.717) is 5.92 Å². The van der Waals surface area contributed by atoms with Gasteiger partial charge in [-0.05, 0) is 31.0 Å². The van der Waals surface area contributed by atoms with Crippen LogP contribution in [0.1, 0.15) is 62.8 Å². The van der Waals surface area contributed by atoms with Crippen LogP contribution < -0.4 is 4.40 Å². The van der Waals surface area contributed by atoms with E-state index in [-0.39, 0.29) is 20.1 Å². The molecule has 1 radical (unpaired) electrons. The molecule has 0 unspecified atom stereocenters. The SMILES string of the molecule is Cc1cc2oc3c(-c4cc(CC(C)C)ccn4)[c-]ccc3c2cn1.[CH3][Ge]([CH3])([CH3])[c]1cnc(-c2[c-]cccc2)cc1CC1CCCCC1.[Ir]. The molecule has 1 fully saturated rings. The van der Waals surface area contributed by atoms with Gasteiger partial charge in [0.15, 0.2) is 0 Å². The second kappa shape index (κ2) is 16.1. The van der Waals surface area contributed by atoms with Crippen molar-refractivity contribution in [1.82, 2.24) is 15.0 Å². The third kappa shape index (κ3) is 8.72. The van der Waals surface area contributed by atoms with Crippen LogP contribution in [0.3, 0.4) is 0 Å². The fourth-order valence-electron chi connectivity index (χ4n) is 6.88. The van der Waals surface area contributed by atoms with Crippen LogP contribution in [0.5, 0.6) is 0 Å². The summed E-state index contributed by atoms with van der Waals surface area (Å²) in [5, 5.41) is 2.09. The monoisotopic (exact) mass is 876 g/mol. The molecule has 6 heteroatoms. The van der Waals surface area contributed by atoms with Crippen LogP contribution in [0.25, 0.3) is 44.5 Å². The summed E-state index contributed by atoms with van der Waals surface area (Å²) in [5.41, 5.74) is 9.52. The maximum absolute atomic E-state index is 6.13. The quantitative estimate of drug-likeness (QED) is 0.118. The molecule has 0 atom stereocenters. The number of nitrogens with zero attached hydrogens (tertiary/aromatic N) is 3. The van der Waals surface area contributed by atoms with Gasteiger partial charge in [0.1, 0.15) is 5.58 Å². The molecule has 0 spiro atoms. The summed E-state index contributed by atoms with van der Waals surface area (Å²) in [6, 6.07) is 27.3. The first-order valence-electron chi connectivity index (χ1n) is 17.3. The fourth-order valence-corrected chi connectivity index (χ4v) is 10.2. The van der Waals surface area contributed by atoms with E-state index in [2.05, 4.69) is 89.7 Å². The number of furan rings is 1. The third-order valence-electron chi connectivity index (χ3n) is 9.19. The second-order valence-corrected chi connectivity index (χ2v) is 25.2. The van der Waals surface area contributed by atoms with Gasteiger partial charge in [-0.2, -0.15) is 0 Å². The molecule has 7 rings (SSSR count). The van der Waals surface area contributed by atoms with Crippen LogP contribution in [0.4, 0.5) is 0 Å². The Morgan fingerprint density at radius 1 is 0.854 bits per heavy atom. The number of fused-ring (bicyclic) bond motifs is 3. The Bertz CT molecular complexity index is 1960. The van der Waals surface area contributed by atoms with Crippen molar-refractivity contribution in [2.24, 2.45) is 11.8 Å². The van der Waals surface area contributed by atoms with E-state index in [0.717, 1.165) is 62.5 Å². The van der Waals surface area contributed by atoms with Crippen LogP contribution >= 0.6 is 0 Å². The predicted molar refractivity (Wildman–Crippen MR) is 199 cm³/mol. The second-order valence-electron chi connectivity index (χ2n) is 14.6. The molecule has 1 aliphatic carbocycles.